The number of hydrogen-bond donors (Lipinski definition) is 0. The van der Waals surface area contributed by atoms with E-state index >= 15 is 0 Å². The van der Waals surface area contributed by atoms with Crippen LogP contribution in [0.1, 0.15) is 49.7 Å². The van der Waals surface area contributed by atoms with Gasteiger partial charge in [0.25, 0.3) is 0 Å². The van der Waals surface area contributed by atoms with Crippen LogP contribution in [0.2, 0.25) is 0 Å². The summed E-state index contributed by atoms with van der Waals surface area (Å²) in [5, 5.41) is 0. The molecule has 1 aromatic rings. The summed E-state index contributed by atoms with van der Waals surface area (Å²) in [7, 11) is 0. The molecule has 0 radical (unpaired) electrons. The summed E-state index contributed by atoms with van der Waals surface area (Å²) in [4.78, 5) is 23.3. The average molecular weight is 302 g/mol. The van der Waals surface area contributed by atoms with Crippen molar-refractivity contribution in [2.24, 2.45) is 0 Å². The van der Waals surface area contributed by atoms with E-state index in [4.69, 9.17) is 13.9 Å². The molecule has 5 nitrogen and oxygen atoms in total. The lowest BCUT2D eigenvalue weighted by Gasteiger charge is -2.18. The monoisotopic (exact) mass is 302 g/mol. The molecule has 0 fully saturated rings. The van der Waals surface area contributed by atoms with Crippen molar-refractivity contribution in [1.29, 1.82) is 0 Å². The van der Waals surface area contributed by atoms with Crippen LogP contribution in [0, 0.1) is 6.92 Å². The van der Waals surface area contributed by atoms with Crippen molar-refractivity contribution in [1.82, 2.24) is 0 Å². The fourth-order valence-corrected chi connectivity index (χ4v) is 2.92. The molecule has 5 heteroatoms. The summed E-state index contributed by atoms with van der Waals surface area (Å²) >= 11 is 0. The highest BCUT2D eigenvalue weighted by atomic mass is 16.6. The third kappa shape index (κ3) is 2.58. The number of fused-ring (bicyclic) bond motifs is 3. The van der Waals surface area contributed by atoms with Crippen LogP contribution in [0.15, 0.2) is 27.9 Å². The number of carbonyl (C=O) groups excluding carboxylic acids is 2. The molecule has 0 N–H and O–H groups in total. The zero-order chi connectivity index (χ0) is 15.9. The fourth-order valence-electron chi connectivity index (χ4n) is 2.92. The SMILES string of the molecule is CC(=O)O[C@@H]1CCC2=CC(OC2=O)c2c(C)coc2/C=C/1C. The van der Waals surface area contributed by atoms with Crippen LogP contribution in [0.5, 0.6) is 0 Å². The fraction of sp³-hybridized carbons (Fsp3) is 0.412. The highest BCUT2D eigenvalue weighted by Crippen LogP contribution is 2.37. The summed E-state index contributed by atoms with van der Waals surface area (Å²) in [5.74, 6) is -0.00598. The molecule has 0 aromatic carbocycles. The zero-order valence-corrected chi connectivity index (χ0v) is 12.8. The summed E-state index contributed by atoms with van der Waals surface area (Å²) in [6.07, 6.45) is 5.64. The topological polar surface area (TPSA) is 65.7 Å². The van der Waals surface area contributed by atoms with E-state index in [0.29, 0.717) is 24.2 Å². The molecule has 1 aromatic heterocycles. The number of rotatable bonds is 1. The van der Waals surface area contributed by atoms with Crippen LogP contribution in [-0.2, 0) is 19.1 Å². The van der Waals surface area contributed by atoms with Crippen molar-refractivity contribution in [2.75, 3.05) is 0 Å². The van der Waals surface area contributed by atoms with Gasteiger partial charge in [0.1, 0.15) is 11.9 Å². The van der Waals surface area contributed by atoms with E-state index in [1.165, 1.54) is 6.92 Å². The first-order valence-corrected chi connectivity index (χ1v) is 7.30. The zero-order valence-electron chi connectivity index (χ0n) is 12.8. The van der Waals surface area contributed by atoms with Gasteiger partial charge in [-0.05, 0) is 50.0 Å². The van der Waals surface area contributed by atoms with Crippen LogP contribution in [0.3, 0.4) is 0 Å². The number of carbonyl (C=O) groups is 2. The van der Waals surface area contributed by atoms with Crippen molar-refractivity contribution < 1.29 is 23.5 Å². The molecule has 1 aliphatic carbocycles. The molecule has 2 aliphatic rings. The average Bonchev–Trinajstić information content (AvgIpc) is 2.97. The quantitative estimate of drug-likeness (QED) is 0.745. The molecule has 22 heavy (non-hydrogen) atoms. The molecule has 0 saturated carbocycles. The second-order valence-electron chi connectivity index (χ2n) is 5.74. The molecule has 1 aliphatic heterocycles. The highest BCUT2D eigenvalue weighted by molar-refractivity contribution is 5.91. The van der Waals surface area contributed by atoms with E-state index in [9.17, 15) is 9.59 Å². The van der Waals surface area contributed by atoms with Crippen molar-refractivity contribution in [3.05, 3.63) is 40.4 Å². The minimum atomic E-state index is -0.398. The maximum absolute atomic E-state index is 12.0. The molecule has 2 atom stereocenters. The maximum atomic E-state index is 12.0. The highest BCUT2D eigenvalue weighted by Gasteiger charge is 2.32. The third-order valence-electron chi connectivity index (χ3n) is 4.04. The number of esters is 2. The molecule has 3 rings (SSSR count). The molecule has 2 heterocycles. The summed E-state index contributed by atoms with van der Waals surface area (Å²) in [5.41, 5.74) is 3.30. The van der Waals surface area contributed by atoms with Gasteiger partial charge in [-0.3, -0.25) is 4.79 Å². The number of ether oxygens (including phenoxy) is 2. The molecule has 1 unspecified atom stereocenters. The van der Waals surface area contributed by atoms with Crippen LogP contribution in [0.25, 0.3) is 6.08 Å². The summed E-state index contributed by atoms with van der Waals surface area (Å²) in [6, 6.07) is 0. The molecule has 116 valence electrons. The van der Waals surface area contributed by atoms with Gasteiger partial charge in [0.15, 0.2) is 6.10 Å². The Bertz CT molecular complexity index is 692. The minimum absolute atomic E-state index is 0.308. The Labute approximate surface area is 128 Å². The lowest BCUT2D eigenvalue weighted by atomic mass is 9.96. The van der Waals surface area contributed by atoms with Gasteiger partial charge in [-0.2, -0.15) is 0 Å². The van der Waals surface area contributed by atoms with E-state index in [1.54, 1.807) is 6.26 Å². The molecule has 2 bridgehead atoms. The first-order chi connectivity index (χ1) is 10.5. The Morgan fingerprint density at radius 3 is 2.86 bits per heavy atom. The van der Waals surface area contributed by atoms with Crippen LogP contribution in [0.4, 0.5) is 0 Å². The van der Waals surface area contributed by atoms with Crippen LogP contribution in [-0.4, -0.2) is 18.0 Å². The van der Waals surface area contributed by atoms with Gasteiger partial charge >= 0.3 is 11.9 Å². The van der Waals surface area contributed by atoms with E-state index in [-0.39, 0.29) is 18.0 Å². The summed E-state index contributed by atoms with van der Waals surface area (Å²) in [6.45, 7) is 5.20. The van der Waals surface area contributed by atoms with Gasteiger partial charge in [0.2, 0.25) is 0 Å². The van der Waals surface area contributed by atoms with Crippen molar-refractivity contribution in [3.63, 3.8) is 0 Å². The van der Waals surface area contributed by atoms with E-state index in [1.807, 2.05) is 26.0 Å². The number of furan rings is 1. The maximum Gasteiger partial charge on any atom is 0.334 e. The number of hydrogen-bond acceptors (Lipinski definition) is 5. The third-order valence-corrected chi connectivity index (χ3v) is 4.04. The molecule has 0 spiro atoms. The van der Waals surface area contributed by atoms with E-state index in [0.717, 1.165) is 16.7 Å². The predicted octanol–water partition coefficient (Wildman–Crippen LogP) is 3.24. The standard InChI is InChI=1S/C17H18O5/c1-9-6-14-16(10(2)8-20-14)15-7-12(17(19)22-15)4-5-13(9)21-11(3)18/h6-8,13,15H,4-5H2,1-3H3/b9-6+/t13-,15?/m1/s1. The van der Waals surface area contributed by atoms with Crippen LogP contribution >= 0.6 is 0 Å². The van der Waals surface area contributed by atoms with Gasteiger partial charge < -0.3 is 13.9 Å². The molecular formula is C17H18O5. The Morgan fingerprint density at radius 1 is 1.36 bits per heavy atom. The Kier molecular flexibility index (Phi) is 3.64. The molecule has 0 saturated heterocycles. The van der Waals surface area contributed by atoms with Gasteiger partial charge in [0, 0.05) is 18.1 Å². The Morgan fingerprint density at radius 2 is 2.14 bits per heavy atom. The largest absolute Gasteiger partial charge is 0.464 e. The Balaban J connectivity index is 2.06. The first kappa shape index (κ1) is 14.6. The second kappa shape index (κ2) is 5.48. The second-order valence-corrected chi connectivity index (χ2v) is 5.74. The molecular weight excluding hydrogens is 284 g/mol. The van der Waals surface area contributed by atoms with Crippen molar-refractivity contribution in [2.45, 2.75) is 45.8 Å². The van der Waals surface area contributed by atoms with Crippen LogP contribution < -0.4 is 0 Å². The van der Waals surface area contributed by atoms with Crippen molar-refractivity contribution in [3.8, 4) is 0 Å². The lowest BCUT2D eigenvalue weighted by molar-refractivity contribution is -0.144. The van der Waals surface area contributed by atoms with Gasteiger partial charge in [-0.1, -0.05) is 0 Å². The number of aryl methyl sites for hydroxylation is 1. The minimum Gasteiger partial charge on any atom is -0.464 e. The van der Waals surface area contributed by atoms with E-state index < -0.39 is 6.10 Å². The van der Waals surface area contributed by atoms with Gasteiger partial charge in [0.05, 0.1) is 6.26 Å². The predicted molar refractivity (Wildman–Crippen MR) is 78.8 cm³/mol. The van der Waals surface area contributed by atoms with E-state index in [2.05, 4.69) is 0 Å². The van der Waals surface area contributed by atoms with Gasteiger partial charge in [-0.15, -0.1) is 0 Å². The lowest BCUT2D eigenvalue weighted by Crippen LogP contribution is -2.18. The molecule has 0 amide bonds. The normalized spacial score (nSPS) is 26.4. The first-order valence-electron chi connectivity index (χ1n) is 7.30. The summed E-state index contributed by atoms with van der Waals surface area (Å²) < 4.78 is 16.4. The Hall–Kier alpha value is -2.30. The van der Waals surface area contributed by atoms with Crippen molar-refractivity contribution >= 4 is 18.0 Å². The van der Waals surface area contributed by atoms with Gasteiger partial charge in [-0.25, -0.2) is 4.79 Å². The smallest absolute Gasteiger partial charge is 0.334 e.